The zero-order chi connectivity index (χ0) is 35.8. The van der Waals surface area contributed by atoms with E-state index in [0.717, 1.165) is 12.0 Å². The number of para-hydroxylation sites is 1. The van der Waals surface area contributed by atoms with Gasteiger partial charge in [-0.15, -0.1) is 10.1 Å². The van der Waals surface area contributed by atoms with Crippen molar-refractivity contribution in [2.45, 2.75) is 108 Å². The minimum Gasteiger partial charge on any atom is -0.469 e. The Bertz CT molecular complexity index is 1660. The number of aliphatic hydroxyl groups is 1. The van der Waals surface area contributed by atoms with Gasteiger partial charge in [-0.05, 0) is 82.8 Å². The van der Waals surface area contributed by atoms with Gasteiger partial charge in [0.15, 0.2) is 5.78 Å². The number of carbonyl (C=O) groups is 4. The number of anilines is 1. The monoisotopic (exact) mass is 689 g/mol. The fourth-order valence-corrected chi connectivity index (χ4v) is 8.70. The lowest BCUT2D eigenvalue weighted by molar-refractivity contribution is -0.160. The first-order valence-corrected chi connectivity index (χ1v) is 17.6. The number of Topliss-reactive ketones (excluding diaryl/α,β-unsaturated/α-hetero) is 1. The Hall–Kier alpha value is -4.51. The zero-order valence-corrected chi connectivity index (χ0v) is 29.2. The number of ketones is 1. The molecule has 0 radical (unpaired) electrons. The lowest BCUT2D eigenvalue weighted by Crippen LogP contribution is -2.60. The summed E-state index contributed by atoms with van der Waals surface area (Å²) in [6.45, 7) is 14.7. The van der Waals surface area contributed by atoms with E-state index < -0.39 is 47.2 Å². The van der Waals surface area contributed by atoms with Crippen LogP contribution < -0.4 is 5.32 Å². The number of rotatable bonds is 9. The molecule has 50 heavy (non-hydrogen) atoms. The number of carbonyl (C=O) groups excluding carboxylic acids is 4. The van der Waals surface area contributed by atoms with Crippen LogP contribution in [-0.2, 0) is 42.2 Å². The Morgan fingerprint density at radius 2 is 1.96 bits per heavy atom. The molecular formula is C36H47N7O7. The number of piperidine rings is 1. The summed E-state index contributed by atoms with van der Waals surface area (Å²) in [7, 11) is 1.32. The molecule has 3 aliphatic heterocycles. The number of nitrogens with one attached hydrogen (secondary N) is 1. The average molecular weight is 690 g/mol. The zero-order valence-electron chi connectivity index (χ0n) is 29.2. The van der Waals surface area contributed by atoms with Crippen molar-refractivity contribution in [2.24, 2.45) is 17.8 Å². The predicted octanol–water partition coefficient (Wildman–Crippen LogP) is 3.54. The second-order valence-corrected chi connectivity index (χ2v) is 15.1. The number of hydrogen-bond donors (Lipinski definition) is 2. The van der Waals surface area contributed by atoms with Crippen molar-refractivity contribution in [1.29, 1.82) is 0 Å². The Morgan fingerprint density at radius 1 is 1.18 bits per heavy atom. The number of benzene rings is 1. The molecule has 4 heterocycles. The van der Waals surface area contributed by atoms with Gasteiger partial charge in [-0.3, -0.25) is 24.0 Å². The van der Waals surface area contributed by atoms with Crippen LogP contribution in [-0.4, -0.2) is 97.8 Å². The first-order chi connectivity index (χ1) is 23.9. The largest absolute Gasteiger partial charge is 0.469 e. The van der Waals surface area contributed by atoms with E-state index in [1.54, 1.807) is 36.7 Å². The number of aromatic nitrogens is 3. The minimum atomic E-state index is -1.15. The van der Waals surface area contributed by atoms with E-state index in [2.05, 4.69) is 20.6 Å². The van der Waals surface area contributed by atoms with Crippen molar-refractivity contribution < 1.29 is 33.8 Å². The molecule has 14 nitrogen and oxygen atoms in total. The molecule has 14 heteroatoms. The molecular weight excluding hydrogens is 642 g/mol. The van der Waals surface area contributed by atoms with Crippen molar-refractivity contribution in [3.05, 3.63) is 53.2 Å². The van der Waals surface area contributed by atoms with E-state index in [0.29, 0.717) is 69.5 Å². The maximum absolute atomic E-state index is 14.2. The van der Waals surface area contributed by atoms with Gasteiger partial charge in [0.05, 0.1) is 37.4 Å². The highest BCUT2D eigenvalue weighted by atomic mass is 16.6. The van der Waals surface area contributed by atoms with E-state index in [-0.39, 0.29) is 29.9 Å². The molecule has 1 saturated carbocycles. The van der Waals surface area contributed by atoms with Gasteiger partial charge < -0.3 is 19.9 Å². The number of esters is 1. The Morgan fingerprint density at radius 3 is 2.70 bits per heavy atom. The quantitative estimate of drug-likeness (QED) is 0.295. The van der Waals surface area contributed by atoms with Crippen molar-refractivity contribution in [3.8, 4) is 0 Å². The van der Waals surface area contributed by atoms with E-state index in [1.165, 1.54) is 12.0 Å². The summed E-state index contributed by atoms with van der Waals surface area (Å²) < 4.78 is 12.3. The fraction of sp³-hybridized carbons (Fsp3) is 0.639. The number of amides is 2. The van der Waals surface area contributed by atoms with Gasteiger partial charge in [0.1, 0.15) is 17.1 Å². The number of likely N-dealkylation sites (tertiary alicyclic amines) is 1. The summed E-state index contributed by atoms with van der Waals surface area (Å²) in [6, 6.07) is 6.39. The van der Waals surface area contributed by atoms with Gasteiger partial charge in [0.25, 0.3) is 0 Å². The van der Waals surface area contributed by atoms with Crippen LogP contribution in [0.5, 0.6) is 0 Å². The standard InChI is InChI=1S/C36H47N7O7/c1-35(2,3)50-34(48)42-17-8-11-27(42)28(44)15-13-23-21-41(40-39-23)18-16-36(25-9-6-7-10-26(25)38-33(36)47)30-19-24-22(20-43(30)37-4)12-14-29(45)31(24)32(46)49-5/h6-7,9-10,21-22,24,27,29-31,45H,8,11-20H2,1-3,5H3,(H,38,47)/t22-,24-,27-,29-,30-,31+,36-/m0/s1. The summed E-state index contributed by atoms with van der Waals surface area (Å²) in [5, 5.41) is 24.3. The van der Waals surface area contributed by atoms with E-state index in [9.17, 15) is 24.3 Å². The van der Waals surface area contributed by atoms with Crippen LogP contribution in [0.1, 0.15) is 77.0 Å². The highest BCUT2D eigenvalue weighted by Gasteiger charge is 2.60. The molecule has 2 amide bonds. The third-order valence-electron chi connectivity index (χ3n) is 11.0. The number of fused-ring (bicyclic) bond motifs is 2. The molecule has 0 spiro atoms. The lowest BCUT2D eigenvalue weighted by Gasteiger charge is -2.49. The summed E-state index contributed by atoms with van der Waals surface area (Å²) in [5.74, 6) is -1.72. The van der Waals surface area contributed by atoms with Crippen LogP contribution in [0.4, 0.5) is 10.5 Å². The second kappa shape index (κ2) is 14.0. The molecule has 7 atom stereocenters. The van der Waals surface area contributed by atoms with Crippen molar-refractivity contribution in [1.82, 2.24) is 24.9 Å². The van der Waals surface area contributed by atoms with Crippen molar-refractivity contribution in [2.75, 3.05) is 25.5 Å². The highest BCUT2D eigenvalue weighted by molar-refractivity contribution is 6.07. The molecule has 1 aromatic heterocycles. The summed E-state index contributed by atoms with van der Waals surface area (Å²) in [6.07, 6.45) is 4.11. The molecule has 6 rings (SSSR count). The summed E-state index contributed by atoms with van der Waals surface area (Å²) in [4.78, 5) is 58.5. The number of aliphatic hydroxyl groups excluding tert-OH is 1. The number of hydrogen-bond acceptors (Lipinski definition) is 10. The first kappa shape index (κ1) is 35.3. The third kappa shape index (κ3) is 6.67. The smallest absolute Gasteiger partial charge is 0.410 e. The number of aryl methyl sites for hydroxylation is 2. The van der Waals surface area contributed by atoms with Crippen LogP contribution in [0.25, 0.3) is 4.95 Å². The molecule has 0 bridgehead atoms. The first-order valence-electron chi connectivity index (χ1n) is 17.6. The minimum absolute atomic E-state index is 0.00522. The van der Waals surface area contributed by atoms with Gasteiger partial charge in [0, 0.05) is 37.8 Å². The number of ether oxygens (including phenoxy) is 2. The molecule has 3 fully saturated rings. The summed E-state index contributed by atoms with van der Waals surface area (Å²) >= 11 is 0. The Balaban J connectivity index is 1.20. The molecule has 1 aromatic carbocycles. The maximum atomic E-state index is 14.2. The second-order valence-electron chi connectivity index (χ2n) is 15.1. The number of nitrogens with zero attached hydrogens (tertiary/aromatic N) is 6. The summed E-state index contributed by atoms with van der Waals surface area (Å²) in [5.41, 5.74) is 0.285. The molecule has 2 N–H and O–H groups in total. The topological polar surface area (TPSA) is 161 Å². The van der Waals surface area contributed by atoms with Crippen LogP contribution in [0.15, 0.2) is 30.5 Å². The van der Waals surface area contributed by atoms with Gasteiger partial charge in [-0.2, -0.15) is 11.5 Å². The van der Waals surface area contributed by atoms with Gasteiger partial charge in [-0.1, -0.05) is 23.4 Å². The molecule has 1 aliphatic carbocycles. The Kier molecular flexibility index (Phi) is 9.90. The van der Waals surface area contributed by atoms with Crippen molar-refractivity contribution in [3.63, 3.8) is 0 Å². The number of methoxy groups -OCH3 is 1. The van der Waals surface area contributed by atoms with E-state index in [4.69, 9.17) is 16.0 Å². The van der Waals surface area contributed by atoms with Crippen LogP contribution in [0, 0.1) is 24.3 Å². The molecule has 4 aliphatic rings. The lowest BCUT2D eigenvalue weighted by atomic mass is 9.60. The van der Waals surface area contributed by atoms with Crippen molar-refractivity contribution >= 4 is 29.4 Å². The van der Waals surface area contributed by atoms with Gasteiger partial charge in [0.2, 0.25) is 5.91 Å². The maximum Gasteiger partial charge on any atom is 0.410 e. The van der Waals surface area contributed by atoms with Gasteiger partial charge in [-0.25, -0.2) is 4.79 Å². The van der Waals surface area contributed by atoms with Crippen LogP contribution in [0.3, 0.4) is 0 Å². The molecule has 268 valence electrons. The fourth-order valence-electron chi connectivity index (χ4n) is 8.70. The van der Waals surface area contributed by atoms with Crippen LogP contribution in [0.2, 0.25) is 0 Å². The van der Waals surface area contributed by atoms with Gasteiger partial charge >= 0.3 is 12.1 Å². The molecule has 0 unspecified atom stereocenters. The molecule has 2 saturated heterocycles. The third-order valence-corrected chi connectivity index (χ3v) is 11.0. The highest BCUT2D eigenvalue weighted by Crippen LogP contribution is 2.52. The van der Waals surface area contributed by atoms with E-state index >= 15 is 0 Å². The molecule has 2 aromatic rings. The average Bonchev–Trinajstić information content (AvgIpc) is 3.83. The Labute approximate surface area is 292 Å². The normalized spacial score (nSPS) is 29.1. The predicted molar refractivity (Wildman–Crippen MR) is 180 cm³/mol. The SMILES string of the molecule is [C-]#[N+]N1C[C@@H]2CC[C@H](O)[C@H](C(=O)OC)[C@H]2C[C@H]1[C@@]1(CCn2cc(CCC(=O)[C@@H]3CCCN3C(=O)OC(C)(C)C)nn2)C(=O)Nc2ccccc21. The van der Waals surface area contributed by atoms with Crippen LogP contribution >= 0.6 is 0 Å². The van der Waals surface area contributed by atoms with E-state index in [1.807, 2.05) is 24.3 Å².